The minimum atomic E-state index is 0.861. The third-order valence-electron chi connectivity index (χ3n) is 3.55. The van der Waals surface area contributed by atoms with Crippen molar-refractivity contribution in [2.75, 3.05) is 6.54 Å². The van der Waals surface area contributed by atoms with Gasteiger partial charge in [-0.1, -0.05) is 20.8 Å². The second-order valence-corrected chi connectivity index (χ2v) is 4.54. The van der Waals surface area contributed by atoms with Gasteiger partial charge in [-0.2, -0.15) is 0 Å². The van der Waals surface area contributed by atoms with Gasteiger partial charge in [0.1, 0.15) is 0 Å². The van der Waals surface area contributed by atoms with Crippen LogP contribution in [0.25, 0.3) is 0 Å². The van der Waals surface area contributed by atoms with E-state index in [1.54, 1.807) is 0 Å². The zero-order valence-electron chi connectivity index (χ0n) is 7.88. The highest BCUT2D eigenvalue weighted by molar-refractivity contribution is 5.02. The van der Waals surface area contributed by atoms with Crippen LogP contribution < -0.4 is 0 Å². The molecule has 2 fully saturated rings. The molecule has 2 saturated heterocycles. The molecule has 2 aliphatic rings. The standard InChI is InChI=1S/C10H19N/c1-7(2)10-8(3)9-5-4-6-11(9)10/h7-10H,4-6H2,1-3H3. The average Bonchev–Trinajstić information content (AvgIpc) is 2.30. The molecule has 2 aliphatic heterocycles. The van der Waals surface area contributed by atoms with Crippen molar-refractivity contribution >= 4 is 0 Å². The monoisotopic (exact) mass is 153 g/mol. The topological polar surface area (TPSA) is 3.24 Å². The van der Waals surface area contributed by atoms with E-state index in [1.165, 1.54) is 19.4 Å². The average molecular weight is 153 g/mol. The van der Waals surface area contributed by atoms with E-state index in [4.69, 9.17) is 0 Å². The highest BCUT2D eigenvalue weighted by atomic mass is 15.3. The van der Waals surface area contributed by atoms with Crippen LogP contribution in [0.15, 0.2) is 0 Å². The molecule has 1 nitrogen and oxygen atoms in total. The number of hydrogen-bond acceptors (Lipinski definition) is 1. The van der Waals surface area contributed by atoms with Crippen LogP contribution >= 0.6 is 0 Å². The molecule has 0 aromatic carbocycles. The van der Waals surface area contributed by atoms with Crippen molar-refractivity contribution in [2.24, 2.45) is 11.8 Å². The molecule has 0 bridgehead atoms. The Labute approximate surface area is 69.8 Å². The number of nitrogens with zero attached hydrogens (tertiary/aromatic N) is 1. The van der Waals surface area contributed by atoms with E-state index in [-0.39, 0.29) is 0 Å². The first-order valence-electron chi connectivity index (χ1n) is 4.97. The van der Waals surface area contributed by atoms with Crippen LogP contribution in [0.5, 0.6) is 0 Å². The molecular formula is C10H19N. The predicted molar refractivity (Wildman–Crippen MR) is 47.5 cm³/mol. The van der Waals surface area contributed by atoms with E-state index in [0.717, 1.165) is 23.9 Å². The van der Waals surface area contributed by atoms with Gasteiger partial charge in [0.05, 0.1) is 0 Å². The highest BCUT2D eigenvalue weighted by Gasteiger charge is 2.48. The first-order valence-corrected chi connectivity index (χ1v) is 4.97. The molecule has 0 N–H and O–H groups in total. The minimum Gasteiger partial charge on any atom is -0.297 e. The lowest BCUT2D eigenvalue weighted by Gasteiger charge is -2.53. The van der Waals surface area contributed by atoms with Crippen molar-refractivity contribution in [3.05, 3.63) is 0 Å². The number of hydrogen-bond donors (Lipinski definition) is 0. The zero-order valence-corrected chi connectivity index (χ0v) is 7.88. The van der Waals surface area contributed by atoms with Gasteiger partial charge in [0, 0.05) is 12.1 Å². The van der Waals surface area contributed by atoms with Crippen molar-refractivity contribution in [2.45, 2.75) is 45.7 Å². The minimum absolute atomic E-state index is 0.861. The van der Waals surface area contributed by atoms with Crippen LogP contribution in [0.2, 0.25) is 0 Å². The van der Waals surface area contributed by atoms with Crippen LogP contribution in [0.1, 0.15) is 33.6 Å². The molecule has 0 aromatic heterocycles. The van der Waals surface area contributed by atoms with Crippen molar-refractivity contribution in [1.29, 1.82) is 0 Å². The fourth-order valence-corrected chi connectivity index (χ4v) is 3.17. The molecule has 11 heavy (non-hydrogen) atoms. The van der Waals surface area contributed by atoms with Gasteiger partial charge in [0.2, 0.25) is 0 Å². The van der Waals surface area contributed by atoms with E-state index in [0.29, 0.717) is 0 Å². The molecule has 0 aromatic rings. The predicted octanol–water partition coefficient (Wildman–Crippen LogP) is 2.13. The lowest BCUT2D eigenvalue weighted by atomic mass is 9.76. The van der Waals surface area contributed by atoms with Gasteiger partial charge in [-0.25, -0.2) is 0 Å². The Morgan fingerprint density at radius 2 is 2.09 bits per heavy atom. The summed E-state index contributed by atoms with van der Waals surface area (Å²) in [5, 5.41) is 0. The van der Waals surface area contributed by atoms with Gasteiger partial charge in [-0.3, -0.25) is 4.90 Å². The first kappa shape index (κ1) is 7.60. The molecule has 0 amide bonds. The second-order valence-electron chi connectivity index (χ2n) is 4.54. The first-order chi connectivity index (χ1) is 5.22. The molecule has 0 aliphatic carbocycles. The van der Waals surface area contributed by atoms with Crippen LogP contribution in [0.3, 0.4) is 0 Å². The lowest BCUT2D eigenvalue weighted by Crippen LogP contribution is -2.61. The third kappa shape index (κ3) is 0.936. The highest BCUT2D eigenvalue weighted by Crippen LogP contribution is 2.42. The molecule has 3 unspecified atom stereocenters. The molecule has 3 atom stereocenters. The van der Waals surface area contributed by atoms with E-state index < -0.39 is 0 Å². The fraction of sp³-hybridized carbons (Fsp3) is 1.00. The molecule has 0 spiro atoms. The van der Waals surface area contributed by atoms with E-state index >= 15 is 0 Å². The normalized spacial score (nSPS) is 44.2. The van der Waals surface area contributed by atoms with Gasteiger partial charge in [-0.15, -0.1) is 0 Å². The largest absolute Gasteiger partial charge is 0.297 e. The summed E-state index contributed by atoms with van der Waals surface area (Å²) in [6.07, 6.45) is 2.91. The lowest BCUT2D eigenvalue weighted by molar-refractivity contribution is -0.0406. The van der Waals surface area contributed by atoms with E-state index in [2.05, 4.69) is 25.7 Å². The zero-order chi connectivity index (χ0) is 8.01. The molecule has 64 valence electrons. The van der Waals surface area contributed by atoms with Gasteiger partial charge in [0.15, 0.2) is 0 Å². The second kappa shape index (κ2) is 2.48. The summed E-state index contributed by atoms with van der Waals surface area (Å²) < 4.78 is 0. The third-order valence-corrected chi connectivity index (χ3v) is 3.55. The van der Waals surface area contributed by atoms with E-state index in [1.807, 2.05) is 0 Å². The summed E-state index contributed by atoms with van der Waals surface area (Å²) in [5.74, 6) is 1.83. The van der Waals surface area contributed by atoms with Gasteiger partial charge in [-0.05, 0) is 31.2 Å². The summed E-state index contributed by atoms with van der Waals surface area (Å²) in [5.41, 5.74) is 0. The quantitative estimate of drug-likeness (QED) is 0.558. The summed E-state index contributed by atoms with van der Waals surface area (Å²) >= 11 is 0. The van der Waals surface area contributed by atoms with Crippen LogP contribution in [0, 0.1) is 11.8 Å². The maximum Gasteiger partial charge on any atom is 0.0162 e. The Morgan fingerprint density at radius 1 is 1.36 bits per heavy atom. The van der Waals surface area contributed by atoms with E-state index in [9.17, 15) is 0 Å². The Kier molecular flexibility index (Phi) is 1.71. The molecule has 0 saturated carbocycles. The summed E-state index contributed by atoms with van der Waals surface area (Å²) in [4.78, 5) is 2.72. The molecule has 0 radical (unpaired) electrons. The van der Waals surface area contributed by atoms with Gasteiger partial charge >= 0.3 is 0 Å². The summed E-state index contributed by atoms with van der Waals surface area (Å²) in [6.45, 7) is 8.51. The number of rotatable bonds is 1. The van der Waals surface area contributed by atoms with Gasteiger partial charge in [0.25, 0.3) is 0 Å². The Morgan fingerprint density at radius 3 is 2.73 bits per heavy atom. The maximum atomic E-state index is 2.72. The van der Waals surface area contributed by atoms with Crippen LogP contribution in [0.4, 0.5) is 0 Å². The van der Waals surface area contributed by atoms with Crippen molar-refractivity contribution in [3.8, 4) is 0 Å². The van der Waals surface area contributed by atoms with Crippen molar-refractivity contribution in [1.82, 2.24) is 4.90 Å². The van der Waals surface area contributed by atoms with Gasteiger partial charge < -0.3 is 0 Å². The molecule has 2 rings (SSSR count). The number of fused-ring (bicyclic) bond motifs is 1. The van der Waals surface area contributed by atoms with Crippen LogP contribution in [-0.4, -0.2) is 23.5 Å². The maximum absolute atomic E-state index is 2.72. The fourth-order valence-electron chi connectivity index (χ4n) is 3.17. The smallest absolute Gasteiger partial charge is 0.0162 e. The molecule has 1 heteroatoms. The summed E-state index contributed by atoms with van der Waals surface area (Å²) in [6, 6.07) is 1.87. The van der Waals surface area contributed by atoms with Crippen molar-refractivity contribution < 1.29 is 0 Å². The SMILES string of the molecule is CC(C)C1C(C)C2CCCN21. The molecular weight excluding hydrogens is 134 g/mol. The Balaban J connectivity index is 2.03. The summed E-state index contributed by atoms with van der Waals surface area (Å²) in [7, 11) is 0. The Bertz CT molecular complexity index is 153. The Hall–Kier alpha value is -0.0400. The van der Waals surface area contributed by atoms with Crippen molar-refractivity contribution in [3.63, 3.8) is 0 Å². The molecule has 2 heterocycles. The van der Waals surface area contributed by atoms with Crippen LogP contribution in [-0.2, 0) is 0 Å².